The summed E-state index contributed by atoms with van der Waals surface area (Å²) in [5.41, 5.74) is 1.28. The van der Waals surface area contributed by atoms with Crippen LogP contribution in [0.25, 0.3) is 0 Å². The van der Waals surface area contributed by atoms with Gasteiger partial charge < -0.3 is 5.11 Å². The van der Waals surface area contributed by atoms with Gasteiger partial charge in [0.1, 0.15) is 5.25 Å². The molecule has 1 fully saturated rings. The molecule has 1 N–H and O–H groups in total. The van der Waals surface area contributed by atoms with Crippen LogP contribution in [-0.4, -0.2) is 53.9 Å². The van der Waals surface area contributed by atoms with Crippen LogP contribution >= 0.6 is 0 Å². The minimum absolute atomic E-state index is 0.173. The van der Waals surface area contributed by atoms with E-state index in [-0.39, 0.29) is 6.42 Å². The molecule has 1 heterocycles. The Morgan fingerprint density at radius 2 is 1.62 bits per heavy atom. The summed E-state index contributed by atoms with van der Waals surface area (Å²) >= 11 is 0. The smallest absolute Gasteiger partial charge is 0.416 e. The summed E-state index contributed by atoms with van der Waals surface area (Å²) in [6, 6.07) is 11.1. The molecule has 2 aromatic carbocycles. The largest absolute Gasteiger partial charge is 0.481 e. The summed E-state index contributed by atoms with van der Waals surface area (Å²) in [4.78, 5) is 14.0. The van der Waals surface area contributed by atoms with Crippen molar-refractivity contribution in [3.8, 4) is 0 Å². The highest BCUT2D eigenvalue weighted by molar-refractivity contribution is 7.89. The zero-order valence-corrected chi connectivity index (χ0v) is 19.7. The summed E-state index contributed by atoms with van der Waals surface area (Å²) < 4.78 is 67.5. The minimum Gasteiger partial charge on any atom is -0.481 e. The maximum atomic E-state index is 13.8. The Labute approximate surface area is 197 Å². The molecule has 0 bridgehead atoms. The van der Waals surface area contributed by atoms with Crippen molar-refractivity contribution in [2.45, 2.75) is 50.3 Å². The number of nitrogens with zero attached hydrogens (tertiary/aromatic N) is 2. The number of carboxylic acid groups (broad SMARTS) is 1. The molecule has 10 heteroatoms. The topological polar surface area (TPSA) is 77.9 Å². The first-order chi connectivity index (χ1) is 15.9. The van der Waals surface area contributed by atoms with Crippen LogP contribution in [0.2, 0.25) is 0 Å². The van der Waals surface area contributed by atoms with Gasteiger partial charge in [-0.1, -0.05) is 36.4 Å². The Hall–Kier alpha value is -2.43. The normalized spacial score (nSPS) is 26.4. The molecule has 4 rings (SSSR count). The number of carbonyl (C=O) groups is 1. The van der Waals surface area contributed by atoms with E-state index < -0.39 is 51.0 Å². The van der Waals surface area contributed by atoms with Crippen LogP contribution in [0.4, 0.5) is 13.2 Å². The van der Waals surface area contributed by atoms with E-state index in [0.29, 0.717) is 30.8 Å². The highest BCUT2D eigenvalue weighted by Crippen LogP contribution is 2.44. The number of fused-ring (bicyclic) bond motifs is 1. The van der Waals surface area contributed by atoms with Crippen LogP contribution in [0.15, 0.2) is 48.5 Å². The van der Waals surface area contributed by atoms with Gasteiger partial charge in [0.05, 0.1) is 11.5 Å². The van der Waals surface area contributed by atoms with Gasteiger partial charge >= 0.3 is 12.1 Å². The highest BCUT2D eigenvalue weighted by Gasteiger charge is 2.50. The molecule has 1 saturated heterocycles. The predicted octanol–water partition coefficient (Wildman–Crippen LogP) is 3.93. The third-order valence-corrected chi connectivity index (χ3v) is 9.23. The van der Waals surface area contributed by atoms with E-state index in [4.69, 9.17) is 0 Å². The molecule has 184 valence electrons. The molecule has 0 saturated carbocycles. The lowest BCUT2D eigenvalue weighted by Gasteiger charge is -2.44. The van der Waals surface area contributed by atoms with Crippen LogP contribution < -0.4 is 0 Å². The van der Waals surface area contributed by atoms with Gasteiger partial charge in [0.15, 0.2) is 0 Å². The van der Waals surface area contributed by atoms with Gasteiger partial charge in [-0.05, 0) is 49.1 Å². The van der Waals surface area contributed by atoms with Crippen molar-refractivity contribution in [3.63, 3.8) is 0 Å². The lowest BCUT2D eigenvalue weighted by Crippen LogP contribution is -2.59. The maximum absolute atomic E-state index is 13.8. The average Bonchev–Trinajstić information content (AvgIpc) is 3.14. The van der Waals surface area contributed by atoms with Crippen LogP contribution in [0.5, 0.6) is 0 Å². The first-order valence-corrected chi connectivity index (χ1v) is 12.6. The van der Waals surface area contributed by atoms with Crippen molar-refractivity contribution in [2.75, 3.05) is 13.1 Å². The maximum Gasteiger partial charge on any atom is 0.416 e. The number of sulfonamides is 1. The molecule has 0 radical (unpaired) electrons. The molecule has 1 aliphatic heterocycles. The van der Waals surface area contributed by atoms with Gasteiger partial charge in [0.2, 0.25) is 10.0 Å². The second-order valence-electron chi connectivity index (χ2n) is 9.23. The van der Waals surface area contributed by atoms with Gasteiger partial charge in [0, 0.05) is 31.7 Å². The third-order valence-electron chi connectivity index (χ3n) is 6.70. The minimum atomic E-state index is -4.39. The van der Waals surface area contributed by atoms with E-state index in [2.05, 4.69) is 0 Å². The van der Waals surface area contributed by atoms with Crippen molar-refractivity contribution < 1.29 is 31.5 Å². The molecule has 0 spiro atoms. The Morgan fingerprint density at radius 1 is 1.03 bits per heavy atom. The number of aliphatic carboxylic acids is 1. The first kappa shape index (κ1) is 24.7. The SMILES string of the molecule is CC1CN(Cc2ccc(C(F)(F)F)cc2)CC(C)N1S(=O)(=O)[C@H]1c2ccccc2C[C@H]1C(=O)O. The number of carboxylic acids is 1. The van der Waals surface area contributed by atoms with E-state index in [0.717, 1.165) is 17.7 Å². The van der Waals surface area contributed by atoms with Gasteiger partial charge in [-0.2, -0.15) is 17.5 Å². The number of hydrogen-bond acceptors (Lipinski definition) is 4. The number of alkyl halides is 3. The van der Waals surface area contributed by atoms with Crippen LogP contribution in [0.1, 0.15) is 41.4 Å². The highest BCUT2D eigenvalue weighted by atomic mass is 32.2. The zero-order valence-electron chi connectivity index (χ0n) is 18.9. The van der Waals surface area contributed by atoms with Crippen molar-refractivity contribution >= 4 is 16.0 Å². The first-order valence-electron chi connectivity index (χ1n) is 11.1. The molecule has 0 aromatic heterocycles. The van der Waals surface area contributed by atoms with E-state index in [1.54, 1.807) is 38.1 Å². The quantitative estimate of drug-likeness (QED) is 0.679. The summed E-state index contributed by atoms with van der Waals surface area (Å²) in [5, 5.41) is 8.62. The summed E-state index contributed by atoms with van der Waals surface area (Å²) in [6.45, 7) is 4.73. The molecular weight excluding hydrogens is 469 g/mol. The Morgan fingerprint density at radius 3 is 2.18 bits per heavy atom. The second kappa shape index (κ2) is 8.98. The average molecular weight is 497 g/mol. The summed E-state index contributed by atoms with van der Waals surface area (Å²) in [6.07, 6.45) is -4.22. The monoisotopic (exact) mass is 496 g/mol. The molecule has 0 amide bonds. The molecular formula is C24H27F3N2O4S. The van der Waals surface area contributed by atoms with Crippen molar-refractivity contribution in [2.24, 2.45) is 5.92 Å². The van der Waals surface area contributed by atoms with Crippen LogP contribution in [0.3, 0.4) is 0 Å². The molecule has 34 heavy (non-hydrogen) atoms. The van der Waals surface area contributed by atoms with E-state index in [1.165, 1.54) is 16.4 Å². The van der Waals surface area contributed by atoms with Gasteiger partial charge in [-0.25, -0.2) is 8.42 Å². The summed E-state index contributed by atoms with van der Waals surface area (Å²) in [5.74, 6) is -2.18. The lowest BCUT2D eigenvalue weighted by molar-refractivity contribution is -0.141. The molecule has 2 aromatic rings. The number of hydrogen-bond donors (Lipinski definition) is 1. The van der Waals surface area contributed by atoms with Crippen molar-refractivity contribution in [1.82, 2.24) is 9.21 Å². The van der Waals surface area contributed by atoms with E-state index in [1.807, 2.05) is 4.90 Å². The van der Waals surface area contributed by atoms with E-state index >= 15 is 0 Å². The lowest BCUT2D eigenvalue weighted by atomic mass is 10.1. The second-order valence-corrected chi connectivity index (χ2v) is 11.2. The fourth-order valence-electron chi connectivity index (χ4n) is 5.38. The molecule has 1 aliphatic carbocycles. The Bertz CT molecular complexity index is 1160. The molecule has 2 unspecified atom stereocenters. The van der Waals surface area contributed by atoms with Gasteiger partial charge in [-0.3, -0.25) is 9.69 Å². The van der Waals surface area contributed by atoms with Gasteiger partial charge in [-0.15, -0.1) is 0 Å². The number of piperazine rings is 1. The number of halogens is 3. The predicted molar refractivity (Wildman–Crippen MR) is 120 cm³/mol. The molecule has 4 atom stereocenters. The molecule has 6 nitrogen and oxygen atoms in total. The standard InChI is InChI=1S/C24H27F3N2O4S/c1-15-12-28(14-17-7-9-19(10-8-17)24(25,26)27)13-16(2)29(15)34(32,33)22-20-6-4-3-5-18(20)11-21(22)23(30)31/h3-10,15-16,21-22H,11-14H2,1-2H3,(H,30,31)/t15?,16?,21-,22+/m1/s1. The molecule has 2 aliphatic rings. The van der Waals surface area contributed by atoms with Crippen LogP contribution in [0, 0.1) is 5.92 Å². The Balaban J connectivity index is 1.53. The van der Waals surface area contributed by atoms with Crippen molar-refractivity contribution in [1.29, 1.82) is 0 Å². The summed E-state index contributed by atoms with van der Waals surface area (Å²) in [7, 11) is -3.99. The fraction of sp³-hybridized carbons (Fsp3) is 0.458. The third kappa shape index (κ3) is 4.58. The zero-order chi connectivity index (χ0) is 24.8. The Kier molecular flexibility index (Phi) is 6.52. The van der Waals surface area contributed by atoms with Crippen molar-refractivity contribution in [3.05, 3.63) is 70.8 Å². The fourth-order valence-corrected chi connectivity index (χ4v) is 7.96. The van der Waals surface area contributed by atoms with E-state index in [9.17, 15) is 31.5 Å². The van der Waals surface area contributed by atoms with Crippen LogP contribution in [-0.2, 0) is 34.0 Å². The van der Waals surface area contributed by atoms with Gasteiger partial charge in [0.25, 0.3) is 0 Å². The number of rotatable bonds is 5. The number of benzene rings is 2.